The Hall–Kier alpha value is -2.05. The highest BCUT2D eigenvalue weighted by Crippen LogP contribution is 2.20. The molecule has 0 aliphatic rings. The number of urea groups is 1. The molecule has 126 valence electrons. The molecule has 0 heterocycles. The minimum atomic E-state index is -0.335. The normalized spacial score (nSPS) is 10.1. The van der Waals surface area contributed by atoms with E-state index < -0.39 is 0 Å². The maximum absolute atomic E-state index is 11.9. The van der Waals surface area contributed by atoms with Crippen molar-refractivity contribution in [2.45, 2.75) is 6.92 Å². The van der Waals surface area contributed by atoms with Crippen LogP contribution >= 0.6 is 27.5 Å². The highest BCUT2D eigenvalue weighted by Gasteiger charge is 2.08. The van der Waals surface area contributed by atoms with Gasteiger partial charge in [0.2, 0.25) is 0 Å². The SMILES string of the molecule is Cc1ccc(NC(=O)NCCNC(=O)c2ccccc2Cl)cc1Br. The van der Waals surface area contributed by atoms with Gasteiger partial charge >= 0.3 is 6.03 Å². The van der Waals surface area contributed by atoms with Crippen molar-refractivity contribution in [3.63, 3.8) is 0 Å². The van der Waals surface area contributed by atoms with E-state index in [-0.39, 0.29) is 11.9 Å². The first-order valence-corrected chi connectivity index (χ1v) is 8.48. The molecule has 2 aromatic carbocycles. The summed E-state index contributed by atoms with van der Waals surface area (Å²) in [6.45, 7) is 2.57. The van der Waals surface area contributed by atoms with Gasteiger partial charge in [-0.15, -0.1) is 0 Å². The minimum Gasteiger partial charge on any atom is -0.350 e. The van der Waals surface area contributed by atoms with Crippen LogP contribution in [-0.4, -0.2) is 25.0 Å². The van der Waals surface area contributed by atoms with Crippen LogP contribution in [0.2, 0.25) is 5.02 Å². The molecule has 0 aromatic heterocycles. The lowest BCUT2D eigenvalue weighted by Crippen LogP contribution is -2.36. The molecule has 0 saturated heterocycles. The van der Waals surface area contributed by atoms with Crippen molar-refractivity contribution < 1.29 is 9.59 Å². The van der Waals surface area contributed by atoms with Crippen molar-refractivity contribution in [3.05, 3.63) is 63.1 Å². The summed E-state index contributed by atoms with van der Waals surface area (Å²) in [6.07, 6.45) is 0. The third-order valence-corrected chi connectivity index (χ3v) is 4.43. The van der Waals surface area contributed by atoms with Crippen molar-refractivity contribution >= 4 is 45.2 Å². The van der Waals surface area contributed by atoms with Crippen molar-refractivity contribution in [3.8, 4) is 0 Å². The van der Waals surface area contributed by atoms with Crippen molar-refractivity contribution in [1.29, 1.82) is 0 Å². The Labute approximate surface area is 153 Å². The van der Waals surface area contributed by atoms with Crippen molar-refractivity contribution in [2.75, 3.05) is 18.4 Å². The van der Waals surface area contributed by atoms with E-state index in [1.165, 1.54) is 0 Å². The predicted octanol–water partition coefficient (Wildman–Crippen LogP) is 3.96. The van der Waals surface area contributed by atoms with Gasteiger partial charge in [-0.05, 0) is 36.8 Å². The maximum Gasteiger partial charge on any atom is 0.319 e. The standard InChI is InChI=1S/C17H17BrClN3O2/c1-11-6-7-12(10-14(11)18)22-17(24)21-9-8-20-16(23)13-4-2-3-5-15(13)19/h2-7,10H,8-9H2,1H3,(H,20,23)(H2,21,22,24). The van der Waals surface area contributed by atoms with Gasteiger partial charge in [-0.25, -0.2) is 4.79 Å². The summed E-state index contributed by atoms with van der Waals surface area (Å²) in [7, 11) is 0. The molecule has 0 bridgehead atoms. The number of hydrogen-bond acceptors (Lipinski definition) is 2. The molecule has 3 N–H and O–H groups in total. The highest BCUT2D eigenvalue weighted by molar-refractivity contribution is 9.10. The number of hydrogen-bond donors (Lipinski definition) is 3. The van der Waals surface area contributed by atoms with Crippen molar-refractivity contribution in [2.24, 2.45) is 0 Å². The molecule has 0 saturated carbocycles. The lowest BCUT2D eigenvalue weighted by molar-refractivity contribution is 0.0954. The molecule has 0 radical (unpaired) electrons. The second-order valence-corrected chi connectivity index (χ2v) is 6.34. The van der Waals surface area contributed by atoms with E-state index in [1.807, 2.05) is 25.1 Å². The number of aryl methyl sites for hydroxylation is 1. The van der Waals surface area contributed by atoms with E-state index in [2.05, 4.69) is 31.9 Å². The number of rotatable bonds is 5. The van der Waals surface area contributed by atoms with E-state index in [0.717, 1.165) is 10.0 Å². The number of carbonyl (C=O) groups is 2. The number of nitrogens with one attached hydrogen (secondary N) is 3. The molecule has 0 aliphatic carbocycles. The molecule has 0 spiro atoms. The van der Waals surface area contributed by atoms with Gasteiger partial charge in [0.05, 0.1) is 10.6 Å². The number of benzene rings is 2. The highest BCUT2D eigenvalue weighted by atomic mass is 79.9. The maximum atomic E-state index is 11.9. The van der Waals surface area contributed by atoms with Gasteiger partial charge in [0, 0.05) is 23.2 Å². The lowest BCUT2D eigenvalue weighted by atomic mass is 10.2. The third-order valence-electron chi connectivity index (χ3n) is 3.24. The third kappa shape index (κ3) is 5.25. The van der Waals surface area contributed by atoms with Crippen LogP contribution in [0.3, 0.4) is 0 Å². The monoisotopic (exact) mass is 409 g/mol. The Balaban J connectivity index is 1.74. The molecular formula is C17H17BrClN3O2. The zero-order valence-electron chi connectivity index (χ0n) is 13.0. The molecule has 2 aromatic rings. The molecular weight excluding hydrogens is 394 g/mol. The zero-order valence-corrected chi connectivity index (χ0v) is 15.4. The van der Waals surface area contributed by atoms with Crippen LogP contribution < -0.4 is 16.0 Å². The van der Waals surface area contributed by atoms with E-state index >= 15 is 0 Å². The Kier molecular flexibility index (Phi) is 6.63. The Morgan fingerprint density at radius 1 is 1.08 bits per heavy atom. The molecule has 7 heteroatoms. The van der Waals surface area contributed by atoms with Gasteiger partial charge in [-0.2, -0.15) is 0 Å². The van der Waals surface area contributed by atoms with Crippen molar-refractivity contribution in [1.82, 2.24) is 10.6 Å². The van der Waals surface area contributed by atoms with Crippen LogP contribution in [-0.2, 0) is 0 Å². The second kappa shape index (κ2) is 8.70. The second-order valence-electron chi connectivity index (χ2n) is 5.08. The zero-order chi connectivity index (χ0) is 17.5. The Morgan fingerprint density at radius 3 is 2.50 bits per heavy atom. The van der Waals surface area contributed by atoms with E-state index in [1.54, 1.807) is 24.3 Å². The first-order chi connectivity index (χ1) is 11.5. The average molecular weight is 411 g/mol. The summed E-state index contributed by atoms with van der Waals surface area (Å²) in [5, 5.41) is 8.49. The number of anilines is 1. The fourth-order valence-corrected chi connectivity index (χ4v) is 2.54. The van der Waals surface area contributed by atoms with E-state index in [0.29, 0.717) is 29.4 Å². The van der Waals surface area contributed by atoms with Crippen LogP contribution in [0.15, 0.2) is 46.9 Å². The largest absolute Gasteiger partial charge is 0.350 e. The van der Waals surface area contributed by atoms with Gasteiger partial charge < -0.3 is 16.0 Å². The molecule has 0 atom stereocenters. The summed E-state index contributed by atoms with van der Waals surface area (Å²) in [4.78, 5) is 23.7. The van der Waals surface area contributed by atoms with Crippen LogP contribution in [0.1, 0.15) is 15.9 Å². The predicted molar refractivity (Wildman–Crippen MR) is 99.7 cm³/mol. The number of halogens is 2. The Morgan fingerprint density at radius 2 is 1.79 bits per heavy atom. The van der Waals surface area contributed by atoms with Gasteiger partial charge in [0.15, 0.2) is 0 Å². The molecule has 0 unspecified atom stereocenters. The summed E-state index contributed by atoms with van der Waals surface area (Å²) < 4.78 is 0.923. The van der Waals surface area contributed by atoms with Gasteiger partial charge in [-0.3, -0.25) is 4.79 Å². The van der Waals surface area contributed by atoms with Crippen LogP contribution in [0.4, 0.5) is 10.5 Å². The summed E-state index contributed by atoms with van der Waals surface area (Å²) in [6, 6.07) is 12.0. The molecule has 0 aliphatic heterocycles. The molecule has 5 nitrogen and oxygen atoms in total. The van der Waals surface area contributed by atoms with Crippen LogP contribution in [0.5, 0.6) is 0 Å². The minimum absolute atomic E-state index is 0.273. The first-order valence-electron chi connectivity index (χ1n) is 7.31. The molecule has 3 amide bonds. The van der Waals surface area contributed by atoms with E-state index in [9.17, 15) is 9.59 Å². The quantitative estimate of drug-likeness (QED) is 0.653. The summed E-state index contributed by atoms with van der Waals surface area (Å²) >= 11 is 9.37. The van der Waals surface area contributed by atoms with Gasteiger partial charge in [0.1, 0.15) is 0 Å². The van der Waals surface area contributed by atoms with Crippen LogP contribution in [0, 0.1) is 6.92 Å². The molecule has 24 heavy (non-hydrogen) atoms. The fourth-order valence-electron chi connectivity index (χ4n) is 1.94. The Bertz CT molecular complexity index is 752. The van der Waals surface area contributed by atoms with Crippen LogP contribution in [0.25, 0.3) is 0 Å². The smallest absolute Gasteiger partial charge is 0.319 e. The fraction of sp³-hybridized carbons (Fsp3) is 0.176. The molecule has 2 rings (SSSR count). The lowest BCUT2D eigenvalue weighted by Gasteiger charge is -2.10. The number of amides is 3. The summed E-state index contributed by atoms with van der Waals surface area (Å²) in [5.74, 6) is -0.273. The van der Waals surface area contributed by atoms with Gasteiger partial charge in [-0.1, -0.05) is 45.7 Å². The number of carbonyl (C=O) groups excluding carboxylic acids is 2. The average Bonchev–Trinajstić information content (AvgIpc) is 2.55. The first kappa shape index (κ1) is 18.3. The van der Waals surface area contributed by atoms with Gasteiger partial charge in [0.25, 0.3) is 5.91 Å². The topological polar surface area (TPSA) is 70.2 Å². The summed E-state index contributed by atoms with van der Waals surface area (Å²) in [5.41, 5.74) is 2.18. The molecule has 0 fully saturated rings. The van der Waals surface area contributed by atoms with E-state index in [4.69, 9.17) is 11.6 Å².